The summed E-state index contributed by atoms with van der Waals surface area (Å²) in [6.07, 6.45) is 5.23. The summed E-state index contributed by atoms with van der Waals surface area (Å²) in [5.41, 5.74) is 1.11. The van der Waals surface area contributed by atoms with Crippen molar-refractivity contribution in [1.82, 2.24) is 0 Å². The van der Waals surface area contributed by atoms with Crippen LogP contribution in [0.15, 0.2) is 41.8 Å². The Hall–Kier alpha value is -0.820. The third kappa shape index (κ3) is 3.19. The van der Waals surface area contributed by atoms with Gasteiger partial charge in [0.2, 0.25) is 0 Å². The first-order valence-corrected chi connectivity index (χ1v) is 4.51. The van der Waals surface area contributed by atoms with E-state index in [-0.39, 0.29) is 0 Å². The zero-order chi connectivity index (χ0) is 8.10. The number of hydrogen-bond acceptors (Lipinski definition) is 1. The van der Waals surface area contributed by atoms with E-state index in [2.05, 4.69) is 36.2 Å². The SMILES string of the molecule is C=C(C)/C=C\Cc1cccs1. The van der Waals surface area contributed by atoms with E-state index in [0.29, 0.717) is 0 Å². The lowest BCUT2D eigenvalue weighted by Crippen LogP contribution is -1.71. The molecule has 0 saturated heterocycles. The van der Waals surface area contributed by atoms with Crippen molar-refractivity contribution < 1.29 is 0 Å². The van der Waals surface area contributed by atoms with Crippen LogP contribution in [0.1, 0.15) is 11.8 Å². The van der Waals surface area contributed by atoms with Gasteiger partial charge in [-0.3, -0.25) is 0 Å². The highest BCUT2D eigenvalue weighted by Gasteiger charge is 1.87. The molecule has 11 heavy (non-hydrogen) atoms. The summed E-state index contributed by atoms with van der Waals surface area (Å²) in [6, 6.07) is 4.22. The molecule has 0 spiro atoms. The smallest absolute Gasteiger partial charge is 0.00829 e. The standard InChI is InChI=1S/C10H12S/c1-9(2)5-3-6-10-7-4-8-11-10/h3-5,7-8H,1,6H2,2H3/b5-3-. The Morgan fingerprint density at radius 3 is 3.09 bits per heavy atom. The molecule has 0 aliphatic heterocycles. The number of allylic oxidation sites excluding steroid dienone is 3. The monoisotopic (exact) mass is 164 g/mol. The molecule has 0 radical (unpaired) electrons. The molecule has 1 rings (SSSR count). The molecule has 0 saturated carbocycles. The van der Waals surface area contributed by atoms with Gasteiger partial charge >= 0.3 is 0 Å². The van der Waals surface area contributed by atoms with E-state index < -0.39 is 0 Å². The first kappa shape index (κ1) is 8.28. The van der Waals surface area contributed by atoms with Crippen molar-refractivity contribution in [2.24, 2.45) is 0 Å². The van der Waals surface area contributed by atoms with E-state index >= 15 is 0 Å². The van der Waals surface area contributed by atoms with E-state index in [1.165, 1.54) is 4.88 Å². The number of hydrogen-bond donors (Lipinski definition) is 0. The zero-order valence-electron chi connectivity index (χ0n) is 6.71. The van der Waals surface area contributed by atoms with Crippen LogP contribution in [-0.2, 0) is 6.42 Å². The fraction of sp³-hybridized carbons (Fsp3) is 0.200. The van der Waals surface area contributed by atoms with Gasteiger partial charge in [-0.15, -0.1) is 11.3 Å². The van der Waals surface area contributed by atoms with Crippen molar-refractivity contribution in [2.75, 3.05) is 0 Å². The fourth-order valence-corrected chi connectivity index (χ4v) is 1.49. The van der Waals surface area contributed by atoms with Gasteiger partial charge in [-0.05, 0) is 18.4 Å². The predicted octanol–water partition coefficient (Wildman–Crippen LogP) is 3.42. The third-order valence-corrected chi connectivity index (χ3v) is 2.20. The highest BCUT2D eigenvalue weighted by molar-refractivity contribution is 7.09. The molecular formula is C10H12S. The maximum absolute atomic E-state index is 3.79. The molecule has 0 nitrogen and oxygen atoms in total. The van der Waals surface area contributed by atoms with Crippen molar-refractivity contribution in [1.29, 1.82) is 0 Å². The minimum Gasteiger partial charge on any atom is -0.149 e. The molecule has 1 aromatic rings. The lowest BCUT2D eigenvalue weighted by molar-refractivity contribution is 1.33. The summed E-state index contributed by atoms with van der Waals surface area (Å²) in [4.78, 5) is 1.41. The summed E-state index contributed by atoms with van der Waals surface area (Å²) >= 11 is 1.79. The zero-order valence-corrected chi connectivity index (χ0v) is 7.53. The minimum atomic E-state index is 1.03. The lowest BCUT2D eigenvalue weighted by atomic mass is 10.2. The number of thiophene rings is 1. The molecule has 1 heterocycles. The van der Waals surface area contributed by atoms with Gasteiger partial charge in [0.15, 0.2) is 0 Å². The van der Waals surface area contributed by atoms with E-state index in [4.69, 9.17) is 0 Å². The van der Waals surface area contributed by atoms with Crippen LogP contribution in [0.25, 0.3) is 0 Å². The largest absolute Gasteiger partial charge is 0.149 e. The topological polar surface area (TPSA) is 0 Å². The van der Waals surface area contributed by atoms with Gasteiger partial charge in [0.25, 0.3) is 0 Å². The average Bonchev–Trinajstić information content (AvgIpc) is 2.39. The summed E-state index contributed by atoms with van der Waals surface area (Å²) in [5.74, 6) is 0. The Kier molecular flexibility index (Phi) is 3.12. The van der Waals surface area contributed by atoms with Crippen LogP contribution in [0.5, 0.6) is 0 Å². The molecule has 0 aromatic carbocycles. The Morgan fingerprint density at radius 2 is 2.55 bits per heavy atom. The minimum absolute atomic E-state index is 1.03. The molecule has 0 fully saturated rings. The van der Waals surface area contributed by atoms with Gasteiger partial charge in [-0.25, -0.2) is 0 Å². The second kappa shape index (κ2) is 4.14. The Balaban J connectivity index is 2.40. The average molecular weight is 164 g/mol. The normalized spacial score (nSPS) is 10.6. The van der Waals surface area contributed by atoms with Crippen molar-refractivity contribution >= 4 is 11.3 Å². The van der Waals surface area contributed by atoms with Crippen LogP contribution in [0.2, 0.25) is 0 Å². The second-order valence-electron chi connectivity index (χ2n) is 2.53. The van der Waals surface area contributed by atoms with Crippen molar-refractivity contribution in [3.63, 3.8) is 0 Å². The van der Waals surface area contributed by atoms with Crippen molar-refractivity contribution in [3.8, 4) is 0 Å². The molecule has 0 bridgehead atoms. The van der Waals surface area contributed by atoms with Crippen molar-refractivity contribution in [2.45, 2.75) is 13.3 Å². The first-order chi connectivity index (χ1) is 5.29. The molecule has 0 aliphatic carbocycles. The summed E-state index contributed by atoms with van der Waals surface area (Å²) in [5, 5.41) is 2.10. The van der Waals surface area contributed by atoms with Gasteiger partial charge in [-0.2, -0.15) is 0 Å². The molecule has 1 aromatic heterocycles. The van der Waals surface area contributed by atoms with E-state index in [1.807, 2.05) is 6.92 Å². The molecule has 0 aliphatic rings. The van der Waals surface area contributed by atoms with Gasteiger partial charge in [0.1, 0.15) is 0 Å². The van der Waals surface area contributed by atoms with Crippen LogP contribution in [0, 0.1) is 0 Å². The lowest BCUT2D eigenvalue weighted by Gasteiger charge is -1.87. The highest BCUT2D eigenvalue weighted by atomic mass is 32.1. The third-order valence-electron chi connectivity index (χ3n) is 1.30. The van der Waals surface area contributed by atoms with Crippen LogP contribution in [0.3, 0.4) is 0 Å². The van der Waals surface area contributed by atoms with Crippen LogP contribution < -0.4 is 0 Å². The fourth-order valence-electron chi connectivity index (χ4n) is 0.805. The molecular weight excluding hydrogens is 152 g/mol. The van der Waals surface area contributed by atoms with E-state index in [0.717, 1.165) is 12.0 Å². The summed E-state index contributed by atoms with van der Waals surface area (Å²) < 4.78 is 0. The maximum atomic E-state index is 3.79. The van der Waals surface area contributed by atoms with Crippen LogP contribution in [-0.4, -0.2) is 0 Å². The molecule has 0 amide bonds. The van der Waals surface area contributed by atoms with Gasteiger partial charge in [-0.1, -0.05) is 30.4 Å². The van der Waals surface area contributed by atoms with Crippen LogP contribution >= 0.6 is 11.3 Å². The second-order valence-corrected chi connectivity index (χ2v) is 3.56. The van der Waals surface area contributed by atoms with Gasteiger partial charge in [0, 0.05) is 11.3 Å². The highest BCUT2D eigenvalue weighted by Crippen LogP contribution is 2.09. The Labute approximate surface area is 71.9 Å². The van der Waals surface area contributed by atoms with E-state index in [9.17, 15) is 0 Å². The Bertz CT molecular complexity index is 242. The number of rotatable bonds is 3. The van der Waals surface area contributed by atoms with E-state index in [1.54, 1.807) is 11.3 Å². The van der Waals surface area contributed by atoms with Gasteiger partial charge < -0.3 is 0 Å². The van der Waals surface area contributed by atoms with Gasteiger partial charge in [0.05, 0.1) is 0 Å². The Morgan fingerprint density at radius 1 is 1.73 bits per heavy atom. The summed E-state index contributed by atoms with van der Waals surface area (Å²) in [6.45, 7) is 5.80. The molecule has 0 unspecified atom stereocenters. The molecule has 0 N–H and O–H groups in total. The predicted molar refractivity (Wildman–Crippen MR) is 52.0 cm³/mol. The maximum Gasteiger partial charge on any atom is 0.00829 e. The van der Waals surface area contributed by atoms with Crippen molar-refractivity contribution in [3.05, 3.63) is 46.7 Å². The first-order valence-electron chi connectivity index (χ1n) is 3.63. The van der Waals surface area contributed by atoms with Crippen LogP contribution in [0.4, 0.5) is 0 Å². The molecule has 58 valence electrons. The molecule has 1 heteroatoms. The molecule has 0 atom stereocenters. The summed E-state index contributed by atoms with van der Waals surface area (Å²) in [7, 11) is 0. The quantitative estimate of drug-likeness (QED) is 0.600.